The Hall–Kier alpha value is -1.46. The Morgan fingerprint density at radius 2 is 2.06 bits per heavy atom. The molecule has 0 saturated carbocycles. The zero-order valence-electron chi connectivity index (χ0n) is 9.72. The molecule has 18 heavy (non-hydrogen) atoms. The van der Waals surface area contributed by atoms with E-state index in [0.29, 0.717) is 17.9 Å². The van der Waals surface area contributed by atoms with E-state index in [1.54, 1.807) is 0 Å². The van der Waals surface area contributed by atoms with Crippen molar-refractivity contribution < 1.29 is 9.53 Å². The van der Waals surface area contributed by atoms with Gasteiger partial charge in [-0.3, -0.25) is 4.79 Å². The summed E-state index contributed by atoms with van der Waals surface area (Å²) in [7, 11) is 1.38. The highest BCUT2D eigenvalue weighted by atomic mass is 35.5. The van der Waals surface area contributed by atoms with Crippen LogP contribution in [0.2, 0.25) is 5.02 Å². The fourth-order valence-corrected chi connectivity index (χ4v) is 2.35. The lowest BCUT2D eigenvalue weighted by Gasteiger charge is -1.95. The number of aryl methyl sites for hydroxylation is 1. The molecule has 0 fully saturated rings. The second-order valence-corrected chi connectivity index (χ2v) is 5.08. The third-order valence-electron chi connectivity index (χ3n) is 2.33. The summed E-state index contributed by atoms with van der Waals surface area (Å²) in [5, 5.41) is 10.5. The maximum atomic E-state index is 11.0. The lowest BCUT2D eigenvalue weighted by atomic mass is 10.2. The Morgan fingerprint density at radius 1 is 1.33 bits per heavy atom. The molecular formula is C12H11ClN2O2S. The van der Waals surface area contributed by atoms with Gasteiger partial charge in [-0.1, -0.05) is 35.1 Å². The van der Waals surface area contributed by atoms with Gasteiger partial charge in [0.25, 0.3) is 0 Å². The fourth-order valence-electron chi connectivity index (χ4n) is 1.37. The molecule has 0 aliphatic heterocycles. The molecule has 94 valence electrons. The van der Waals surface area contributed by atoms with Gasteiger partial charge in [0, 0.05) is 17.0 Å². The largest absolute Gasteiger partial charge is 0.469 e. The lowest BCUT2D eigenvalue weighted by Crippen LogP contribution is -2.01. The third-order valence-corrected chi connectivity index (χ3v) is 3.61. The summed E-state index contributed by atoms with van der Waals surface area (Å²) in [5.41, 5.74) is 0.973. The number of carbonyl (C=O) groups is 1. The van der Waals surface area contributed by atoms with Gasteiger partial charge in [-0.05, 0) is 12.1 Å². The Bertz CT molecular complexity index is 539. The SMILES string of the molecule is COC(=O)CCc1nnc(-c2ccc(Cl)cc2)s1. The van der Waals surface area contributed by atoms with Crippen molar-refractivity contribution in [3.63, 3.8) is 0 Å². The van der Waals surface area contributed by atoms with Crippen LogP contribution in [0.1, 0.15) is 11.4 Å². The van der Waals surface area contributed by atoms with Crippen molar-refractivity contribution in [3.05, 3.63) is 34.3 Å². The first-order valence-corrected chi connectivity index (χ1v) is 6.53. The number of carbonyl (C=O) groups excluding carboxylic acids is 1. The number of nitrogens with zero attached hydrogens (tertiary/aromatic N) is 2. The number of esters is 1. The van der Waals surface area contributed by atoms with E-state index in [1.165, 1.54) is 18.4 Å². The summed E-state index contributed by atoms with van der Waals surface area (Å²) in [5.74, 6) is -0.238. The monoisotopic (exact) mass is 282 g/mol. The van der Waals surface area contributed by atoms with Crippen LogP contribution in [0.4, 0.5) is 0 Å². The molecule has 6 heteroatoms. The molecule has 0 unspecified atom stereocenters. The van der Waals surface area contributed by atoms with Crippen molar-refractivity contribution in [2.45, 2.75) is 12.8 Å². The fraction of sp³-hybridized carbons (Fsp3) is 0.250. The molecule has 1 aromatic carbocycles. The topological polar surface area (TPSA) is 52.1 Å². The molecule has 0 spiro atoms. The Morgan fingerprint density at radius 3 is 2.72 bits per heavy atom. The van der Waals surface area contributed by atoms with Crippen molar-refractivity contribution in [1.82, 2.24) is 10.2 Å². The van der Waals surface area contributed by atoms with Crippen LogP contribution in [0.3, 0.4) is 0 Å². The van der Waals surface area contributed by atoms with Gasteiger partial charge in [0.15, 0.2) is 0 Å². The summed E-state index contributed by atoms with van der Waals surface area (Å²) < 4.78 is 4.58. The van der Waals surface area contributed by atoms with Crippen molar-refractivity contribution >= 4 is 28.9 Å². The van der Waals surface area contributed by atoms with E-state index < -0.39 is 0 Å². The minimum Gasteiger partial charge on any atom is -0.469 e. The standard InChI is InChI=1S/C12H11ClN2O2S/c1-17-11(16)7-6-10-14-15-12(18-10)8-2-4-9(13)5-3-8/h2-5H,6-7H2,1H3. The molecule has 0 amide bonds. The minimum atomic E-state index is -0.238. The molecule has 0 aliphatic rings. The normalized spacial score (nSPS) is 10.3. The first-order valence-electron chi connectivity index (χ1n) is 5.34. The maximum absolute atomic E-state index is 11.0. The highest BCUT2D eigenvalue weighted by Gasteiger charge is 2.08. The Balaban J connectivity index is 2.06. The summed E-state index contributed by atoms with van der Waals surface area (Å²) in [6.45, 7) is 0. The smallest absolute Gasteiger partial charge is 0.305 e. The van der Waals surface area contributed by atoms with Gasteiger partial charge >= 0.3 is 5.97 Å². The van der Waals surface area contributed by atoms with Crippen molar-refractivity contribution in [1.29, 1.82) is 0 Å². The van der Waals surface area contributed by atoms with Crippen molar-refractivity contribution in [3.8, 4) is 10.6 Å². The molecule has 1 aromatic heterocycles. The first-order chi connectivity index (χ1) is 8.69. The van der Waals surface area contributed by atoms with Gasteiger partial charge < -0.3 is 4.74 Å². The molecule has 0 radical (unpaired) electrons. The second-order valence-electron chi connectivity index (χ2n) is 3.58. The number of rotatable bonds is 4. The highest BCUT2D eigenvalue weighted by Crippen LogP contribution is 2.25. The van der Waals surface area contributed by atoms with E-state index in [1.807, 2.05) is 24.3 Å². The molecule has 0 bridgehead atoms. The van der Waals surface area contributed by atoms with Gasteiger partial charge in [-0.15, -0.1) is 10.2 Å². The number of hydrogen-bond donors (Lipinski definition) is 0. The highest BCUT2D eigenvalue weighted by molar-refractivity contribution is 7.14. The number of benzene rings is 1. The van der Waals surface area contributed by atoms with Crippen LogP contribution in [0.5, 0.6) is 0 Å². The summed E-state index contributed by atoms with van der Waals surface area (Å²) in [6.07, 6.45) is 0.879. The number of ether oxygens (including phenoxy) is 1. The molecular weight excluding hydrogens is 272 g/mol. The minimum absolute atomic E-state index is 0.238. The molecule has 4 nitrogen and oxygen atoms in total. The molecule has 2 rings (SSSR count). The number of halogens is 1. The summed E-state index contributed by atoms with van der Waals surface area (Å²) in [6, 6.07) is 7.42. The number of methoxy groups -OCH3 is 1. The summed E-state index contributed by atoms with van der Waals surface area (Å²) in [4.78, 5) is 11.0. The van der Waals surface area contributed by atoms with E-state index in [0.717, 1.165) is 15.6 Å². The van der Waals surface area contributed by atoms with Gasteiger partial charge in [-0.25, -0.2) is 0 Å². The van der Waals surface area contributed by atoms with Crippen LogP contribution >= 0.6 is 22.9 Å². The zero-order valence-corrected chi connectivity index (χ0v) is 11.3. The predicted molar refractivity (Wildman–Crippen MR) is 70.7 cm³/mol. The van der Waals surface area contributed by atoms with E-state index in [4.69, 9.17) is 11.6 Å². The lowest BCUT2D eigenvalue weighted by molar-refractivity contribution is -0.140. The van der Waals surface area contributed by atoms with Crippen LogP contribution in [-0.2, 0) is 16.0 Å². The average molecular weight is 283 g/mol. The van der Waals surface area contributed by atoms with Gasteiger partial charge in [0.1, 0.15) is 10.0 Å². The quantitative estimate of drug-likeness (QED) is 0.809. The zero-order chi connectivity index (χ0) is 13.0. The molecule has 0 aliphatic carbocycles. The average Bonchev–Trinajstić information content (AvgIpc) is 2.85. The number of aromatic nitrogens is 2. The van der Waals surface area contributed by atoms with Gasteiger partial charge in [0.2, 0.25) is 0 Å². The second kappa shape index (κ2) is 5.93. The van der Waals surface area contributed by atoms with Crippen LogP contribution in [-0.4, -0.2) is 23.3 Å². The molecule has 1 heterocycles. The van der Waals surface area contributed by atoms with Crippen molar-refractivity contribution in [2.24, 2.45) is 0 Å². The van der Waals surface area contributed by atoms with Gasteiger partial charge in [0.05, 0.1) is 13.5 Å². The van der Waals surface area contributed by atoms with Crippen LogP contribution in [0.15, 0.2) is 24.3 Å². The first kappa shape index (κ1) is 13.0. The third kappa shape index (κ3) is 3.27. The predicted octanol–water partition coefficient (Wildman–Crippen LogP) is 2.96. The number of hydrogen-bond acceptors (Lipinski definition) is 5. The van der Waals surface area contributed by atoms with E-state index >= 15 is 0 Å². The van der Waals surface area contributed by atoms with Gasteiger partial charge in [-0.2, -0.15) is 0 Å². The van der Waals surface area contributed by atoms with Crippen LogP contribution < -0.4 is 0 Å². The molecule has 2 aromatic rings. The molecule has 0 N–H and O–H groups in total. The van der Waals surface area contributed by atoms with Crippen molar-refractivity contribution in [2.75, 3.05) is 7.11 Å². The maximum Gasteiger partial charge on any atom is 0.305 e. The van der Waals surface area contributed by atoms with E-state index in [-0.39, 0.29) is 5.97 Å². The Labute approximate surface area is 114 Å². The van der Waals surface area contributed by atoms with E-state index in [2.05, 4.69) is 14.9 Å². The van der Waals surface area contributed by atoms with Crippen LogP contribution in [0, 0.1) is 0 Å². The van der Waals surface area contributed by atoms with Crippen LogP contribution in [0.25, 0.3) is 10.6 Å². The molecule has 0 atom stereocenters. The Kier molecular flexibility index (Phi) is 4.28. The van der Waals surface area contributed by atoms with E-state index in [9.17, 15) is 4.79 Å². The summed E-state index contributed by atoms with van der Waals surface area (Å²) >= 11 is 7.29. The molecule has 0 saturated heterocycles.